The Labute approximate surface area is 121 Å². The molecule has 0 atom stereocenters. The first-order valence-electron chi connectivity index (χ1n) is 6.82. The van der Waals surface area contributed by atoms with Crippen LogP contribution in [0.5, 0.6) is 11.5 Å². The molecule has 110 valence electrons. The van der Waals surface area contributed by atoms with Crippen LogP contribution in [0, 0.1) is 0 Å². The maximum atomic E-state index is 10.9. The van der Waals surface area contributed by atoms with Crippen LogP contribution >= 0.6 is 0 Å². The third-order valence-corrected chi connectivity index (χ3v) is 3.37. The molecule has 2 aromatic rings. The van der Waals surface area contributed by atoms with Gasteiger partial charge in [-0.15, -0.1) is 0 Å². The quantitative estimate of drug-likeness (QED) is 0.935. The average Bonchev–Trinajstić information content (AvgIpc) is 2.85. The zero-order chi connectivity index (χ0) is 14.8. The molecule has 2 heterocycles. The smallest absolute Gasteiger partial charge is 0.374 e. The van der Waals surface area contributed by atoms with Gasteiger partial charge in [0.2, 0.25) is 5.76 Å². The van der Waals surface area contributed by atoms with Gasteiger partial charge >= 0.3 is 5.97 Å². The number of carboxylic acid groups (broad SMARTS) is 1. The molecule has 0 bridgehead atoms. The van der Waals surface area contributed by atoms with Gasteiger partial charge in [0.15, 0.2) is 11.5 Å². The van der Waals surface area contributed by atoms with Gasteiger partial charge in [-0.25, -0.2) is 4.79 Å². The number of fused-ring (bicyclic) bond motifs is 1. The molecule has 6 nitrogen and oxygen atoms in total. The molecule has 0 unspecified atom stereocenters. The lowest BCUT2D eigenvalue weighted by Gasteiger charge is -2.14. The third-order valence-electron chi connectivity index (χ3n) is 3.37. The Balaban J connectivity index is 2.09. The Kier molecular flexibility index (Phi) is 3.51. The molecule has 0 saturated carbocycles. The number of benzene rings is 1. The summed E-state index contributed by atoms with van der Waals surface area (Å²) in [5.41, 5.74) is 2.23. The summed E-state index contributed by atoms with van der Waals surface area (Å²) in [5.74, 6) is 0.114. The fourth-order valence-corrected chi connectivity index (χ4v) is 2.39. The summed E-state index contributed by atoms with van der Waals surface area (Å²) in [7, 11) is 0. The minimum absolute atomic E-state index is 0.181. The van der Waals surface area contributed by atoms with E-state index in [2.05, 4.69) is 5.16 Å². The van der Waals surface area contributed by atoms with E-state index in [4.69, 9.17) is 19.1 Å². The molecule has 0 radical (unpaired) electrons. The number of nitrogens with zero attached hydrogens (tertiary/aromatic N) is 1. The molecule has 1 aliphatic heterocycles. The topological polar surface area (TPSA) is 81.8 Å². The Hall–Kier alpha value is -2.50. The van der Waals surface area contributed by atoms with E-state index in [-0.39, 0.29) is 5.76 Å². The molecule has 1 aliphatic rings. The van der Waals surface area contributed by atoms with Crippen molar-refractivity contribution in [1.29, 1.82) is 0 Å². The van der Waals surface area contributed by atoms with Crippen molar-refractivity contribution in [2.45, 2.75) is 19.8 Å². The molecule has 1 aromatic carbocycles. The second-order valence-electron chi connectivity index (χ2n) is 4.70. The summed E-state index contributed by atoms with van der Waals surface area (Å²) in [6.45, 7) is 3.23. The summed E-state index contributed by atoms with van der Waals surface area (Å²) in [6, 6.07) is 5.10. The number of aromatic carboxylic acids is 1. The van der Waals surface area contributed by atoms with Gasteiger partial charge in [-0.3, -0.25) is 0 Å². The highest BCUT2D eigenvalue weighted by Crippen LogP contribution is 2.39. The van der Waals surface area contributed by atoms with Crippen LogP contribution < -0.4 is 9.47 Å². The van der Waals surface area contributed by atoms with Gasteiger partial charge < -0.3 is 19.1 Å². The van der Waals surface area contributed by atoms with E-state index in [0.29, 0.717) is 24.7 Å². The lowest BCUT2D eigenvalue weighted by atomic mass is 10.0. The molecule has 6 heteroatoms. The Morgan fingerprint density at radius 1 is 1.33 bits per heavy atom. The van der Waals surface area contributed by atoms with Crippen LogP contribution in [0.25, 0.3) is 11.3 Å². The number of aromatic nitrogens is 1. The van der Waals surface area contributed by atoms with Crippen molar-refractivity contribution < 1.29 is 23.9 Å². The standard InChI is InChI=1S/C15H15NO5/c1-2-9-10(11-8-13(15(17)18)21-16-11)4-5-12-14(9)20-7-3-6-19-12/h4-5,8H,2-3,6-7H2,1H3,(H,17,18). The number of hydrogen-bond donors (Lipinski definition) is 1. The summed E-state index contributed by atoms with van der Waals surface area (Å²) < 4.78 is 16.3. The third kappa shape index (κ3) is 2.44. The summed E-state index contributed by atoms with van der Waals surface area (Å²) in [6.07, 6.45) is 1.55. The van der Waals surface area contributed by atoms with Crippen LogP contribution in [0.4, 0.5) is 0 Å². The monoisotopic (exact) mass is 289 g/mol. The van der Waals surface area contributed by atoms with Crippen LogP contribution in [0.2, 0.25) is 0 Å². The fourth-order valence-electron chi connectivity index (χ4n) is 2.39. The van der Waals surface area contributed by atoms with Crippen molar-refractivity contribution in [2.24, 2.45) is 0 Å². The zero-order valence-electron chi connectivity index (χ0n) is 11.6. The Bertz CT molecular complexity index is 677. The number of ether oxygens (including phenoxy) is 2. The molecule has 0 fully saturated rings. The largest absolute Gasteiger partial charge is 0.490 e. The van der Waals surface area contributed by atoms with Gasteiger partial charge in [0.1, 0.15) is 5.69 Å². The minimum atomic E-state index is -1.14. The number of hydrogen-bond acceptors (Lipinski definition) is 5. The SMILES string of the molecule is CCc1c(-c2cc(C(=O)O)on2)ccc2c1OCCCO2. The van der Waals surface area contributed by atoms with Crippen molar-refractivity contribution >= 4 is 5.97 Å². The van der Waals surface area contributed by atoms with E-state index >= 15 is 0 Å². The number of carboxylic acids is 1. The molecule has 0 saturated heterocycles. The molecule has 3 rings (SSSR count). The van der Waals surface area contributed by atoms with E-state index < -0.39 is 5.97 Å². The van der Waals surface area contributed by atoms with Gasteiger partial charge in [-0.1, -0.05) is 12.1 Å². The van der Waals surface area contributed by atoms with Crippen molar-refractivity contribution in [3.63, 3.8) is 0 Å². The molecule has 0 aliphatic carbocycles. The van der Waals surface area contributed by atoms with Crippen LogP contribution in [-0.2, 0) is 6.42 Å². The molecule has 1 aromatic heterocycles. The first kappa shape index (κ1) is 13.5. The Morgan fingerprint density at radius 3 is 2.86 bits per heavy atom. The molecule has 0 amide bonds. The number of carbonyl (C=O) groups is 1. The summed E-state index contributed by atoms with van der Waals surface area (Å²) in [4.78, 5) is 10.9. The van der Waals surface area contributed by atoms with Gasteiger partial charge in [-0.05, 0) is 18.6 Å². The predicted octanol–water partition coefficient (Wildman–Crippen LogP) is 2.76. The lowest BCUT2D eigenvalue weighted by Crippen LogP contribution is -1.99. The molecule has 0 spiro atoms. The van der Waals surface area contributed by atoms with E-state index in [9.17, 15) is 4.79 Å². The van der Waals surface area contributed by atoms with Crippen LogP contribution in [-0.4, -0.2) is 29.4 Å². The summed E-state index contributed by atoms with van der Waals surface area (Å²) in [5, 5.41) is 12.8. The highest BCUT2D eigenvalue weighted by molar-refractivity contribution is 5.86. The highest BCUT2D eigenvalue weighted by Gasteiger charge is 2.21. The minimum Gasteiger partial charge on any atom is -0.490 e. The van der Waals surface area contributed by atoms with Crippen LogP contribution in [0.3, 0.4) is 0 Å². The van der Waals surface area contributed by atoms with E-state index in [1.165, 1.54) is 6.07 Å². The predicted molar refractivity (Wildman–Crippen MR) is 73.9 cm³/mol. The molecular formula is C15H15NO5. The fraction of sp³-hybridized carbons (Fsp3) is 0.333. The molecule has 1 N–H and O–H groups in total. The molecular weight excluding hydrogens is 274 g/mol. The lowest BCUT2D eigenvalue weighted by molar-refractivity contribution is 0.0652. The Morgan fingerprint density at radius 2 is 2.14 bits per heavy atom. The average molecular weight is 289 g/mol. The summed E-state index contributed by atoms with van der Waals surface area (Å²) >= 11 is 0. The van der Waals surface area contributed by atoms with Crippen molar-refractivity contribution in [3.8, 4) is 22.8 Å². The van der Waals surface area contributed by atoms with Crippen molar-refractivity contribution in [1.82, 2.24) is 5.16 Å². The van der Waals surface area contributed by atoms with Crippen molar-refractivity contribution in [3.05, 3.63) is 29.5 Å². The maximum absolute atomic E-state index is 10.9. The first-order valence-corrected chi connectivity index (χ1v) is 6.82. The second-order valence-corrected chi connectivity index (χ2v) is 4.70. The zero-order valence-corrected chi connectivity index (χ0v) is 11.6. The first-order chi connectivity index (χ1) is 10.2. The van der Waals surface area contributed by atoms with Crippen LogP contribution in [0.15, 0.2) is 22.7 Å². The van der Waals surface area contributed by atoms with E-state index in [1.807, 2.05) is 19.1 Å². The van der Waals surface area contributed by atoms with Crippen molar-refractivity contribution in [2.75, 3.05) is 13.2 Å². The highest BCUT2D eigenvalue weighted by atomic mass is 16.5. The van der Waals surface area contributed by atoms with Gasteiger partial charge in [0.05, 0.1) is 13.2 Å². The van der Waals surface area contributed by atoms with Gasteiger partial charge in [-0.2, -0.15) is 0 Å². The van der Waals surface area contributed by atoms with Crippen LogP contribution in [0.1, 0.15) is 29.5 Å². The van der Waals surface area contributed by atoms with E-state index in [1.54, 1.807) is 0 Å². The van der Waals surface area contributed by atoms with E-state index in [0.717, 1.165) is 29.7 Å². The van der Waals surface area contributed by atoms with Gasteiger partial charge in [0, 0.05) is 23.6 Å². The number of rotatable bonds is 3. The van der Waals surface area contributed by atoms with Gasteiger partial charge in [0.25, 0.3) is 0 Å². The second kappa shape index (κ2) is 5.47. The molecule has 21 heavy (non-hydrogen) atoms. The normalized spacial score (nSPS) is 13.8. The maximum Gasteiger partial charge on any atom is 0.374 e.